The number of thioether (sulfide) groups is 2. The number of amides is 1. The van der Waals surface area contributed by atoms with Gasteiger partial charge in [-0.05, 0) is 42.4 Å². The topological polar surface area (TPSA) is 66.4 Å². The van der Waals surface area contributed by atoms with E-state index >= 15 is 0 Å². The predicted molar refractivity (Wildman–Crippen MR) is 85.6 cm³/mol. The standard InChI is InChI=1S/C14H19NO3S2/c1-19-7-6-12(14(17)18)15-13(16)11-5-3-4-10(8-11)9-20-2/h3-5,8,12H,6-7,9H2,1-2H3,(H,15,16)(H,17,18). The van der Waals surface area contributed by atoms with Gasteiger partial charge in [-0.1, -0.05) is 12.1 Å². The minimum absolute atomic E-state index is 0.332. The molecule has 1 amide bonds. The van der Waals surface area contributed by atoms with E-state index < -0.39 is 12.0 Å². The summed E-state index contributed by atoms with van der Waals surface area (Å²) < 4.78 is 0. The van der Waals surface area contributed by atoms with Crippen molar-refractivity contribution in [2.45, 2.75) is 18.2 Å². The Morgan fingerprint density at radius 1 is 1.30 bits per heavy atom. The lowest BCUT2D eigenvalue weighted by atomic mass is 10.1. The predicted octanol–water partition coefficient (Wildman–Crippen LogP) is 2.49. The summed E-state index contributed by atoms with van der Waals surface area (Å²) in [6, 6.07) is 6.44. The molecular formula is C14H19NO3S2. The second-order valence-corrected chi connectivity index (χ2v) is 6.13. The summed E-state index contributed by atoms with van der Waals surface area (Å²) in [5, 5.41) is 11.7. The summed E-state index contributed by atoms with van der Waals surface area (Å²) in [7, 11) is 0. The molecular weight excluding hydrogens is 294 g/mol. The molecule has 6 heteroatoms. The van der Waals surface area contributed by atoms with Gasteiger partial charge in [-0.15, -0.1) is 0 Å². The number of hydrogen-bond donors (Lipinski definition) is 2. The van der Waals surface area contributed by atoms with Crippen molar-refractivity contribution in [1.82, 2.24) is 5.32 Å². The molecule has 1 rings (SSSR count). The van der Waals surface area contributed by atoms with Gasteiger partial charge in [0.1, 0.15) is 6.04 Å². The molecule has 0 aliphatic heterocycles. The Bertz CT molecular complexity index is 465. The number of aliphatic carboxylic acids is 1. The third kappa shape index (κ3) is 5.46. The van der Waals surface area contributed by atoms with E-state index in [1.807, 2.05) is 24.6 Å². The second-order valence-electron chi connectivity index (χ2n) is 4.28. The Morgan fingerprint density at radius 2 is 2.05 bits per heavy atom. The fourth-order valence-corrected chi connectivity index (χ4v) is 2.69. The highest BCUT2D eigenvalue weighted by Gasteiger charge is 2.20. The van der Waals surface area contributed by atoms with Crippen molar-refractivity contribution >= 4 is 35.4 Å². The number of hydrogen-bond acceptors (Lipinski definition) is 4. The Morgan fingerprint density at radius 3 is 2.65 bits per heavy atom. The minimum atomic E-state index is -0.993. The molecule has 0 radical (unpaired) electrons. The van der Waals surface area contributed by atoms with Crippen LogP contribution >= 0.6 is 23.5 Å². The van der Waals surface area contributed by atoms with E-state index in [4.69, 9.17) is 5.11 Å². The number of rotatable bonds is 8. The first-order valence-corrected chi connectivity index (χ1v) is 8.97. The molecule has 0 aliphatic carbocycles. The summed E-state index contributed by atoms with van der Waals surface area (Å²) in [5.74, 6) is 0.203. The van der Waals surface area contributed by atoms with Crippen molar-refractivity contribution in [3.05, 3.63) is 35.4 Å². The van der Waals surface area contributed by atoms with E-state index in [-0.39, 0.29) is 5.91 Å². The van der Waals surface area contributed by atoms with Gasteiger partial charge in [0.25, 0.3) is 5.91 Å². The first kappa shape index (κ1) is 16.9. The van der Waals surface area contributed by atoms with Gasteiger partial charge in [0.05, 0.1) is 0 Å². The molecule has 110 valence electrons. The van der Waals surface area contributed by atoms with Gasteiger partial charge in [0.15, 0.2) is 0 Å². The Hall–Kier alpha value is -1.14. The van der Waals surface area contributed by atoms with Gasteiger partial charge < -0.3 is 10.4 Å². The zero-order valence-corrected chi connectivity index (χ0v) is 13.2. The molecule has 1 aromatic rings. The lowest BCUT2D eigenvalue weighted by Crippen LogP contribution is -2.41. The first-order valence-electron chi connectivity index (χ1n) is 6.19. The van der Waals surface area contributed by atoms with Crippen LogP contribution in [-0.4, -0.2) is 41.3 Å². The van der Waals surface area contributed by atoms with Crippen molar-refractivity contribution < 1.29 is 14.7 Å². The third-order valence-corrected chi connectivity index (χ3v) is 3.98. The highest BCUT2D eigenvalue weighted by Crippen LogP contribution is 2.12. The van der Waals surface area contributed by atoms with Crippen LogP contribution in [0.15, 0.2) is 24.3 Å². The fourth-order valence-electron chi connectivity index (χ4n) is 1.70. The van der Waals surface area contributed by atoms with E-state index in [1.165, 1.54) is 0 Å². The van der Waals surface area contributed by atoms with Crippen molar-refractivity contribution in [1.29, 1.82) is 0 Å². The number of nitrogens with one attached hydrogen (secondary N) is 1. The van der Waals surface area contributed by atoms with E-state index in [0.717, 1.165) is 11.3 Å². The van der Waals surface area contributed by atoms with E-state index in [0.29, 0.717) is 17.7 Å². The molecule has 1 unspecified atom stereocenters. The van der Waals surface area contributed by atoms with Gasteiger partial charge in [-0.2, -0.15) is 23.5 Å². The molecule has 0 aromatic heterocycles. The molecule has 0 heterocycles. The van der Waals surface area contributed by atoms with Crippen LogP contribution in [0.1, 0.15) is 22.3 Å². The smallest absolute Gasteiger partial charge is 0.326 e. The van der Waals surface area contributed by atoms with Gasteiger partial charge in [0.2, 0.25) is 0 Å². The van der Waals surface area contributed by atoms with E-state index in [2.05, 4.69) is 5.32 Å². The molecule has 0 saturated carbocycles. The van der Waals surface area contributed by atoms with Crippen LogP contribution < -0.4 is 5.32 Å². The molecule has 1 atom stereocenters. The van der Waals surface area contributed by atoms with Gasteiger partial charge in [-0.25, -0.2) is 4.79 Å². The molecule has 0 fully saturated rings. The van der Waals surface area contributed by atoms with Crippen LogP contribution in [0.2, 0.25) is 0 Å². The lowest BCUT2D eigenvalue weighted by Gasteiger charge is -2.14. The summed E-state index contributed by atoms with van der Waals surface area (Å²) in [4.78, 5) is 23.2. The Labute approximate surface area is 127 Å². The van der Waals surface area contributed by atoms with E-state index in [1.54, 1.807) is 35.7 Å². The van der Waals surface area contributed by atoms with Gasteiger partial charge in [0, 0.05) is 11.3 Å². The molecule has 0 spiro atoms. The third-order valence-electron chi connectivity index (χ3n) is 2.71. The maximum Gasteiger partial charge on any atom is 0.326 e. The number of carbonyl (C=O) groups is 2. The number of benzene rings is 1. The first-order chi connectivity index (χ1) is 9.58. The van der Waals surface area contributed by atoms with E-state index in [9.17, 15) is 9.59 Å². The highest BCUT2D eigenvalue weighted by atomic mass is 32.2. The summed E-state index contributed by atoms with van der Waals surface area (Å²) in [6.45, 7) is 0. The normalized spacial score (nSPS) is 11.9. The van der Waals surface area contributed by atoms with Crippen molar-refractivity contribution in [3.8, 4) is 0 Å². The largest absolute Gasteiger partial charge is 0.480 e. The van der Waals surface area contributed by atoms with Crippen LogP contribution in [0.4, 0.5) is 0 Å². The Balaban J connectivity index is 2.72. The maximum atomic E-state index is 12.1. The summed E-state index contributed by atoms with van der Waals surface area (Å²) in [5.41, 5.74) is 1.56. The molecule has 20 heavy (non-hydrogen) atoms. The molecule has 4 nitrogen and oxygen atoms in total. The lowest BCUT2D eigenvalue weighted by molar-refractivity contribution is -0.139. The number of carboxylic acid groups (broad SMARTS) is 1. The van der Waals surface area contributed by atoms with Crippen LogP contribution in [0.25, 0.3) is 0 Å². The molecule has 0 aliphatic rings. The van der Waals surface area contributed by atoms with Gasteiger partial charge >= 0.3 is 5.97 Å². The fraction of sp³-hybridized carbons (Fsp3) is 0.429. The van der Waals surface area contributed by atoms with Gasteiger partial charge in [-0.3, -0.25) is 4.79 Å². The van der Waals surface area contributed by atoms with Crippen molar-refractivity contribution in [2.75, 3.05) is 18.3 Å². The average molecular weight is 313 g/mol. The molecule has 0 bridgehead atoms. The van der Waals surface area contributed by atoms with Crippen LogP contribution in [-0.2, 0) is 10.5 Å². The molecule has 0 saturated heterocycles. The summed E-state index contributed by atoms with van der Waals surface area (Å²) in [6.07, 6.45) is 4.33. The number of carbonyl (C=O) groups excluding carboxylic acids is 1. The van der Waals surface area contributed by atoms with Crippen molar-refractivity contribution in [2.24, 2.45) is 0 Å². The van der Waals surface area contributed by atoms with Crippen LogP contribution in [0.5, 0.6) is 0 Å². The van der Waals surface area contributed by atoms with Crippen LogP contribution in [0.3, 0.4) is 0 Å². The zero-order valence-electron chi connectivity index (χ0n) is 11.6. The highest BCUT2D eigenvalue weighted by molar-refractivity contribution is 7.98. The monoisotopic (exact) mass is 313 g/mol. The summed E-state index contributed by atoms with van der Waals surface area (Å²) >= 11 is 3.24. The SMILES string of the molecule is CSCCC(NC(=O)c1cccc(CSC)c1)C(=O)O. The maximum absolute atomic E-state index is 12.1. The van der Waals surface area contributed by atoms with Crippen molar-refractivity contribution in [3.63, 3.8) is 0 Å². The number of carboxylic acids is 1. The molecule has 1 aromatic carbocycles. The minimum Gasteiger partial charge on any atom is -0.480 e. The van der Waals surface area contributed by atoms with Crippen LogP contribution in [0, 0.1) is 0 Å². The second kappa shape index (κ2) is 8.92. The zero-order chi connectivity index (χ0) is 15.0. The Kier molecular flexibility index (Phi) is 7.54. The molecule has 2 N–H and O–H groups in total. The average Bonchev–Trinajstić information content (AvgIpc) is 2.43. The quantitative estimate of drug-likeness (QED) is 0.772.